The molecule has 0 saturated carbocycles. The van der Waals surface area contributed by atoms with Gasteiger partial charge in [0.25, 0.3) is 0 Å². The van der Waals surface area contributed by atoms with Gasteiger partial charge in [0.15, 0.2) is 0 Å². The standard InChI is InChI=1S/C11H13NO2/c12-9-11(2-5-13-6-3-11)7-10-1-4-14-8-10/h1,4,8H,2-3,5-7H2. The van der Waals surface area contributed by atoms with Gasteiger partial charge in [-0.1, -0.05) is 0 Å². The van der Waals surface area contributed by atoms with Gasteiger partial charge in [0.2, 0.25) is 0 Å². The van der Waals surface area contributed by atoms with Crippen LogP contribution >= 0.6 is 0 Å². The molecule has 0 spiro atoms. The molecule has 1 aromatic rings. The lowest BCUT2D eigenvalue weighted by Gasteiger charge is -2.30. The molecule has 1 aliphatic heterocycles. The molecule has 0 bridgehead atoms. The van der Waals surface area contributed by atoms with Crippen molar-refractivity contribution in [1.82, 2.24) is 0 Å². The Morgan fingerprint density at radius 2 is 2.21 bits per heavy atom. The van der Waals surface area contributed by atoms with Crippen LogP contribution in [0.1, 0.15) is 18.4 Å². The van der Waals surface area contributed by atoms with Gasteiger partial charge in [0.05, 0.1) is 24.0 Å². The van der Waals surface area contributed by atoms with Gasteiger partial charge in [-0.25, -0.2) is 0 Å². The first-order chi connectivity index (χ1) is 6.85. The fraction of sp³-hybridized carbons (Fsp3) is 0.545. The summed E-state index contributed by atoms with van der Waals surface area (Å²) in [5.74, 6) is 0. The molecule has 2 heterocycles. The Labute approximate surface area is 83.3 Å². The third kappa shape index (κ3) is 1.80. The molecule has 0 N–H and O–H groups in total. The highest BCUT2D eigenvalue weighted by Gasteiger charge is 2.32. The van der Waals surface area contributed by atoms with Crippen LogP contribution in [0.4, 0.5) is 0 Å². The van der Waals surface area contributed by atoms with Gasteiger partial charge < -0.3 is 9.15 Å². The number of furan rings is 1. The summed E-state index contributed by atoms with van der Waals surface area (Å²) in [5.41, 5.74) is 0.871. The summed E-state index contributed by atoms with van der Waals surface area (Å²) < 4.78 is 10.3. The summed E-state index contributed by atoms with van der Waals surface area (Å²) >= 11 is 0. The average molecular weight is 191 g/mol. The molecule has 0 unspecified atom stereocenters. The molecule has 1 fully saturated rings. The van der Waals surface area contributed by atoms with E-state index in [0.29, 0.717) is 13.2 Å². The fourth-order valence-electron chi connectivity index (χ4n) is 1.87. The summed E-state index contributed by atoms with van der Waals surface area (Å²) in [5, 5.41) is 9.20. The molecule has 14 heavy (non-hydrogen) atoms. The second-order valence-electron chi connectivity index (χ2n) is 3.81. The second-order valence-corrected chi connectivity index (χ2v) is 3.81. The summed E-state index contributed by atoms with van der Waals surface area (Å²) in [6, 6.07) is 4.36. The highest BCUT2D eigenvalue weighted by molar-refractivity contribution is 5.14. The minimum absolute atomic E-state index is 0.234. The van der Waals surface area contributed by atoms with E-state index < -0.39 is 0 Å². The third-order valence-corrected chi connectivity index (χ3v) is 2.81. The molecule has 0 radical (unpaired) electrons. The number of rotatable bonds is 2. The first-order valence-corrected chi connectivity index (χ1v) is 4.85. The number of hydrogen-bond donors (Lipinski definition) is 0. The van der Waals surface area contributed by atoms with E-state index >= 15 is 0 Å². The second kappa shape index (κ2) is 3.85. The summed E-state index contributed by atoms with van der Waals surface area (Å²) in [6.45, 7) is 1.40. The van der Waals surface area contributed by atoms with Crippen LogP contribution in [0.15, 0.2) is 23.0 Å². The SMILES string of the molecule is N#CC1(Cc2ccoc2)CCOCC1. The van der Waals surface area contributed by atoms with Crippen molar-refractivity contribution in [3.05, 3.63) is 24.2 Å². The van der Waals surface area contributed by atoms with Crippen molar-refractivity contribution in [3.63, 3.8) is 0 Å². The number of nitrogens with zero attached hydrogens (tertiary/aromatic N) is 1. The normalized spacial score (nSPS) is 20.2. The van der Waals surface area contributed by atoms with E-state index in [1.165, 1.54) is 0 Å². The van der Waals surface area contributed by atoms with Crippen LogP contribution in [-0.2, 0) is 11.2 Å². The van der Waals surface area contributed by atoms with Gasteiger partial charge in [-0.2, -0.15) is 5.26 Å². The molecule has 0 aliphatic carbocycles. The zero-order valence-corrected chi connectivity index (χ0v) is 8.03. The number of nitriles is 1. The van der Waals surface area contributed by atoms with Crippen LogP contribution in [0, 0.1) is 16.7 Å². The third-order valence-electron chi connectivity index (χ3n) is 2.81. The zero-order chi connectivity index (χ0) is 9.86. The Hall–Kier alpha value is -1.27. The molecule has 2 rings (SSSR count). The largest absolute Gasteiger partial charge is 0.472 e. The first-order valence-electron chi connectivity index (χ1n) is 4.85. The van der Waals surface area contributed by atoms with Crippen LogP contribution in [0.5, 0.6) is 0 Å². The zero-order valence-electron chi connectivity index (χ0n) is 8.03. The Kier molecular flexibility index (Phi) is 2.55. The number of hydrogen-bond acceptors (Lipinski definition) is 3. The maximum absolute atomic E-state index is 9.20. The van der Waals surface area contributed by atoms with E-state index in [0.717, 1.165) is 24.8 Å². The van der Waals surface area contributed by atoms with E-state index in [1.54, 1.807) is 12.5 Å². The van der Waals surface area contributed by atoms with Gasteiger partial charge in [-0.15, -0.1) is 0 Å². The molecule has 1 saturated heterocycles. The molecule has 1 aliphatic rings. The Morgan fingerprint density at radius 3 is 2.79 bits per heavy atom. The van der Waals surface area contributed by atoms with E-state index in [9.17, 15) is 5.26 Å². The van der Waals surface area contributed by atoms with Crippen molar-refractivity contribution in [3.8, 4) is 6.07 Å². The van der Waals surface area contributed by atoms with Crippen molar-refractivity contribution in [1.29, 1.82) is 5.26 Å². The summed E-state index contributed by atoms with van der Waals surface area (Å²) in [4.78, 5) is 0. The summed E-state index contributed by atoms with van der Waals surface area (Å²) in [7, 11) is 0. The van der Waals surface area contributed by atoms with E-state index in [4.69, 9.17) is 9.15 Å². The predicted molar refractivity (Wildman–Crippen MR) is 50.5 cm³/mol. The number of ether oxygens (including phenoxy) is 1. The van der Waals surface area contributed by atoms with Crippen molar-refractivity contribution >= 4 is 0 Å². The van der Waals surface area contributed by atoms with Crippen molar-refractivity contribution in [2.45, 2.75) is 19.3 Å². The van der Waals surface area contributed by atoms with Crippen LogP contribution in [0.25, 0.3) is 0 Å². The van der Waals surface area contributed by atoms with Crippen LogP contribution in [-0.4, -0.2) is 13.2 Å². The fourth-order valence-corrected chi connectivity index (χ4v) is 1.87. The van der Waals surface area contributed by atoms with Crippen LogP contribution in [0.2, 0.25) is 0 Å². The van der Waals surface area contributed by atoms with Crippen molar-refractivity contribution in [2.24, 2.45) is 5.41 Å². The van der Waals surface area contributed by atoms with Crippen molar-refractivity contribution in [2.75, 3.05) is 13.2 Å². The molecular weight excluding hydrogens is 178 g/mol. The molecule has 0 aromatic carbocycles. The van der Waals surface area contributed by atoms with Crippen LogP contribution < -0.4 is 0 Å². The van der Waals surface area contributed by atoms with Crippen LogP contribution in [0.3, 0.4) is 0 Å². The quantitative estimate of drug-likeness (QED) is 0.719. The Morgan fingerprint density at radius 1 is 1.43 bits per heavy atom. The van der Waals surface area contributed by atoms with Gasteiger partial charge in [-0.05, 0) is 30.9 Å². The van der Waals surface area contributed by atoms with E-state index in [1.807, 2.05) is 6.07 Å². The molecular formula is C11H13NO2. The minimum Gasteiger partial charge on any atom is -0.472 e. The molecule has 74 valence electrons. The molecule has 3 heteroatoms. The smallest absolute Gasteiger partial charge is 0.0935 e. The summed E-state index contributed by atoms with van der Waals surface area (Å²) in [6.07, 6.45) is 5.81. The molecule has 1 aromatic heterocycles. The molecule has 0 atom stereocenters. The molecule has 0 amide bonds. The van der Waals surface area contributed by atoms with Gasteiger partial charge in [0, 0.05) is 13.2 Å². The van der Waals surface area contributed by atoms with Gasteiger partial charge in [0.1, 0.15) is 0 Å². The average Bonchev–Trinajstić information content (AvgIpc) is 2.72. The van der Waals surface area contributed by atoms with Crippen molar-refractivity contribution < 1.29 is 9.15 Å². The first kappa shape index (κ1) is 9.29. The predicted octanol–water partition coefficient (Wildman–Crippen LogP) is 2.14. The Bertz CT molecular complexity index is 318. The van der Waals surface area contributed by atoms with E-state index in [-0.39, 0.29) is 5.41 Å². The maximum Gasteiger partial charge on any atom is 0.0935 e. The van der Waals surface area contributed by atoms with E-state index in [2.05, 4.69) is 6.07 Å². The lowest BCUT2D eigenvalue weighted by atomic mass is 9.77. The Balaban J connectivity index is 2.09. The highest BCUT2D eigenvalue weighted by atomic mass is 16.5. The monoisotopic (exact) mass is 191 g/mol. The minimum atomic E-state index is -0.234. The van der Waals surface area contributed by atoms with Gasteiger partial charge in [-0.3, -0.25) is 0 Å². The highest BCUT2D eigenvalue weighted by Crippen LogP contribution is 2.33. The topological polar surface area (TPSA) is 46.2 Å². The van der Waals surface area contributed by atoms with Gasteiger partial charge >= 0.3 is 0 Å². The lowest BCUT2D eigenvalue weighted by molar-refractivity contribution is 0.0406. The lowest BCUT2D eigenvalue weighted by Crippen LogP contribution is -2.30. The maximum atomic E-state index is 9.20. The molecule has 3 nitrogen and oxygen atoms in total.